The van der Waals surface area contributed by atoms with Crippen molar-refractivity contribution in [2.24, 2.45) is 17.8 Å². The minimum atomic E-state index is 0.815. The molecule has 4 rings (SSSR count). The zero-order chi connectivity index (χ0) is 17.2. The van der Waals surface area contributed by atoms with Crippen LogP contribution in [0.4, 0.5) is 0 Å². The first-order chi connectivity index (χ1) is 12.3. The molecule has 0 amide bonds. The van der Waals surface area contributed by atoms with Gasteiger partial charge in [-0.25, -0.2) is 0 Å². The molecule has 2 fully saturated rings. The van der Waals surface area contributed by atoms with Gasteiger partial charge in [-0.05, 0) is 82.0 Å². The molecule has 4 aliphatic rings. The first-order valence-electron chi connectivity index (χ1n) is 11.0. The molecule has 3 atom stereocenters. The maximum absolute atomic E-state index is 2.48. The highest BCUT2D eigenvalue weighted by molar-refractivity contribution is 5.62. The summed E-state index contributed by atoms with van der Waals surface area (Å²) in [5, 5.41) is 0. The second-order valence-corrected chi connectivity index (χ2v) is 8.86. The van der Waals surface area contributed by atoms with Crippen molar-refractivity contribution < 1.29 is 4.58 Å². The smallest absolute Gasteiger partial charge is 0.190 e. The summed E-state index contributed by atoms with van der Waals surface area (Å²) < 4.78 is 2.40. The van der Waals surface area contributed by atoms with E-state index in [1.807, 2.05) is 11.1 Å². The zero-order valence-electron chi connectivity index (χ0n) is 16.4. The van der Waals surface area contributed by atoms with Crippen LogP contribution < -0.4 is 0 Å². The number of nitrogens with zero attached hydrogens (tertiary/aromatic N) is 1. The highest BCUT2D eigenvalue weighted by atomic mass is 15.1. The molecule has 25 heavy (non-hydrogen) atoms. The fraction of sp³-hybridized carbons (Fsp3) is 0.708. The SMILES string of the molecule is CCC(C)C(CCC1CCC1C1=CC=C([N+]2=CC2)CC1)=C1CCCC1. The van der Waals surface area contributed by atoms with E-state index >= 15 is 0 Å². The van der Waals surface area contributed by atoms with E-state index in [9.17, 15) is 0 Å². The van der Waals surface area contributed by atoms with Crippen LogP contribution in [-0.2, 0) is 0 Å². The van der Waals surface area contributed by atoms with Gasteiger partial charge in [-0.15, -0.1) is 0 Å². The highest BCUT2D eigenvalue weighted by Gasteiger charge is 2.35. The summed E-state index contributed by atoms with van der Waals surface area (Å²) in [5.74, 6) is 2.69. The molecular weight excluding hydrogens is 302 g/mol. The monoisotopic (exact) mass is 338 g/mol. The lowest BCUT2D eigenvalue weighted by Crippen LogP contribution is -2.28. The standard InChI is InChI=1S/C24H36N/c1-3-18(2)23(19-6-4-5-7-19)14-10-21-11-15-24(21)20-8-12-22(13-9-20)25-16-17-25/h8,12,16,18,21,24H,3-7,9-11,13-15,17H2,1-2H3/q+1. The minimum Gasteiger partial charge on any atom is -0.190 e. The number of rotatable bonds is 7. The van der Waals surface area contributed by atoms with Crippen molar-refractivity contribution in [2.75, 3.05) is 6.54 Å². The molecule has 0 saturated heterocycles. The van der Waals surface area contributed by atoms with Crippen molar-refractivity contribution in [2.45, 2.75) is 84.5 Å². The largest absolute Gasteiger partial charge is 0.224 e. The Morgan fingerprint density at radius 2 is 1.92 bits per heavy atom. The van der Waals surface area contributed by atoms with Crippen LogP contribution in [0.2, 0.25) is 0 Å². The van der Waals surface area contributed by atoms with E-state index in [-0.39, 0.29) is 0 Å². The van der Waals surface area contributed by atoms with Gasteiger partial charge in [0.05, 0.1) is 0 Å². The lowest BCUT2D eigenvalue weighted by Gasteiger charge is -2.40. The second kappa shape index (κ2) is 7.64. The number of hydrogen-bond acceptors (Lipinski definition) is 0. The molecule has 1 aliphatic heterocycles. The van der Waals surface area contributed by atoms with Gasteiger partial charge in [-0.2, -0.15) is 4.58 Å². The molecule has 0 radical (unpaired) electrons. The average Bonchev–Trinajstić information content (AvgIpc) is 3.33. The topological polar surface area (TPSA) is 3.01 Å². The van der Waals surface area contributed by atoms with Gasteiger partial charge in [0.25, 0.3) is 0 Å². The molecule has 0 spiro atoms. The second-order valence-electron chi connectivity index (χ2n) is 8.86. The van der Waals surface area contributed by atoms with Gasteiger partial charge < -0.3 is 0 Å². The van der Waals surface area contributed by atoms with E-state index in [2.05, 4.69) is 36.8 Å². The van der Waals surface area contributed by atoms with Crippen molar-refractivity contribution in [1.82, 2.24) is 0 Å². The lowest BCUT2D eigenvalue weighted by molar-refractivity contribution is -0.385. The molecular formula is C24H36N+. The van der Waals surface area contributed by atoms with Crippen molar-refractivity contribution in [1.29, 1.82) is 0 Å². The Bertz CT molecular complexity index is 622. The van der Waals surface area contributed by atoms with Crippen LogP contribution in [0.1, 0.15) is 84.5 Å². The first-order valence-corrected chi connectivity index (χ1v) is 11.0. The molecule has 0 aromatic carbocycles. The van der Waals surface area contributed by atoms with Crippen LogP contribution in [0.15, 0.2) is 34.6 Å². The van der Waals surface area contributed by atoms with Crippen molar-refractivity contribution in [3.63, 3.8) is 0 Å². The molecule has 1 heterocycles. The van der Waals surface area contributed by atoms with Crippen molar-refractivity contribution in [3.05, 3.63) is 34.6 Å². The van der Waals surface area contributed by atoms with E-state index in [1.165, 1.54) is 77.2 Å². The van der Waals surface area contributed by atoms with Crippen LogP contribution in [0.25, 0.3) is 0 Å². The van der Waals surface area contributed by atoms with E-state index in [4.69, 9.17) is 0 Å². The zero-order valence-corrected chi connectivity index (χ0v) is 16.4. The quantitative estimate of drug-likeness (QED) is 0.373. The predicted octanol–water partition coefficient (Wildman–Crippen LogP) is 6.41. The van der Waals surface area contributed by atoms with Crippen molar-refractivity contribution in [3.8, 4) is 0 Å². The van der Waals surface area contributed by atoms with Gasteiger partial charge in [-0.1, -0.05) is 36.6 Å². The molecule has 2 saturated carbocycles. The van der Waals surface area contributed by atoms with Gasteiger partial charge in [-0.3, -0.25) is 0 Å². The van der Waals surface area contributed by atoms with Gasteiger partial charge in [0, 0.05) is 12.5 Å². The molecule has 0 aromatic rings. The van der Waals surface area contributed by atoms with E-state index in [1.54, 1.807) is 11.3 Å². The summed E-state index contributed by atoms with van der Waals surface area (Å²) in [5.41, 5.74) is 7.03. The third kappa shape index (κ3) is 3.86. The third-order valence-electron chi connectivity index (χ3n) is 7.44. The summed E-state index contributed by atoms with van der Waals surface area (Å²) in [6, 6.07) is 0. The summed E-state index contributed by atoms with van der Waals surface area (Å²) in [6.45, 7) is 6.02. The van der Waals surface area contributed by atoms with Gasteiger partial charge in [0.2, 0.25) is 12.8 Å². The van der Waals surface area contributed by atoms with Gasteiger partial charge in [0.15, 0.2) is 5.70 Å². The fourth-order valence-corrected chi connectivity index (χ4v) is 5.35. The van der Waals surface area contributed by atoms with E-state index < -0.39 is 0 Å². The van der Waals surface area contributed by atoms with Crippen molar-refractivity contribution >= 4 is 6.21 Å². The van der Waals surface area contributed by atoms with E-state index in [0.29, 0.717) is 0 Å². The Morgan fingerprint density at radius 1 is 1.12 bits per heavy atom. The average molecular weight is 339 g/mol. The van der Waals surface area contributed by atoms with Crippen LogP contribution in [-0.4, -0.2) is 17.3 Å². The Hall–Kier alpha value is -1.11. The van der Waals surface area contributed by atoms with Gasteiger partial charge in [0.1, 0.15) is 0 Å². The minimum absolute atomic E-state index is 0.815. The molecule has 1 nitrogen and oxygen atoms in total. The maximum atomic E-state index is 2.48. The predicted molar refractivity (Wildman–Crippen MR) is 107 cm³/mol. The number of allylic oxidation sites excluding steroid dienone is 6. The Balaban J connectivity index is 1.36. The molecule has 0 bridgehead atoms. The summed E-state index contributed by atoms with van der Waals surface area (Å²) >= 11 is 0. The van der Waals surface area contributed by atoms with Crippen LogP contribution in [0, 0.1) is 17.8 Å². The molecule has 0 N–H and O–H groups in total. The molecule has 3 unspecified atom stereocenters. The van der Waals surface area contributed by atoms with E-state index in [0.717, 1.165) is 17.8 Å². The van der Waals surface area contributed by atoms with Gasteiger partial charge >= 0.3 is 0 Å². The highest BCUT2D eigenvalue weighted by Crippen LogP contribution is 2.46. The number of hydrogen-bond donors (Lipinski definition) is 0. The molecule has 3 aliphatic carbocycles. The lowest BCUT2D eigenvalue weighted by atomic mass is 9.65. The third-order valence-corrected chi connectivity index (χ3v) is 7.44. The Labute approximate surface area is 154 Å². The van der Waals surface area contributed by atoms with Crippen LogP contribution in [0.5, 0.6) is 0 Å². The molecule has 1 heteroatoms. The first kappa shape index (κ1) is 17.3. The fourth-order valence-electron chi connectivity index (χ4n) is 5.35. The van der Waals surface area contributed by atoms with Crippen LogP contribution >= 0.6 is 0 Å². The van der Waals surface area contributed by atoms with Crippen LogP contribution in [0.3, 0.4) is 0 Å². The normalized spacial score (nSPS) is 29.5. The summed E-state index contributed by atoms with van der Waals surface area (Å²) in [7, 11) is 0. The molecule has 136 valence electrons. The Morgan fingerprint density at radius 3 is 2.48 bits per heavy atom. The summed E-state index contributed by atoms with van der Waals surface area (Å²) in [4.78, 5) is 0. The molecule has 0 aromatic heterocycles. The Kier molecular flexibility index (Phi) is 5.29. The maximum Gasteiger partial charge on any atom is 0.224 e. The summed E-state index contributed by atoms with van der Waals surface area (Å²) in [6.07, 6.45) is 22.5.